The fourth-order valence-corrected chi connectivity index (χ4v) is 4.18. The highest BCUT2D eigenvalue weighted by atomic mass is 16.5. The summed E-state index contributed by atoms with van der Waals surface area (Å²) in [6.45, 7) is 11.6. The summed E-state index contributed by atoms with van der Waals surface area (Å²) in [4.78, 5) is 4.78. The molecule has 0 bridgehead atoms. The predicted octanol–water partition coefficient (Wildman–Crippen LogP) is 1.13. The number of ether oxygens (including phenoxy) is 1. The highest BCUT2D eigenvalue weighted by Gasteiger charge is 2.29. The third-order valence-electron chi connectivity index (χ3n) is 5.07. The molecule has 0 amide bonds. The van der Waals surface area contributed by atoms with Crippen molar-refractivity contribution in [3.05, 3.63) is 18.0 Å². The first kappa shape index (κ1) is 17.9. The molecule has 2 aliphatic rings. The van der Waals surface area contributed by atoms with E-state index < -0.39 is 0 Å². The van der Waals surface area contributed by atoms with Gasteiger partial charge in [-0.05, 0) is 45.7 Å². The summed E-state index contributed by atoms with van der Waals surface area (Å²) in [6, 6.07) is 0.487. The summed E-state index contributed by atoms with van der Waals surface area (Å²) in [5.41, 5.74) is 1.20. The quantitative estimate of drug-likeness (QED) is 0.844. The van der Waals surface area contributed by atoms with E-state index in [1.54, 1.807) is 0 Å². The number of aromatic nitrogens is 2. The molecule has 0 unspecified atom stereocenters. The van der Waals surface area contributed by atoms with Crippen LogP contribution in [0.25, 0.3) is 0 Å². The van der Waals surface area contributed by atoms with Crippen molar-refractivity contribution in [2.75, 3.05) is 32.7 Å². The highest BCUT2D eigenvalue weighted by Crippen LogP contribution is 2.20. The van der Waals surface area contributed by atoms with Gasteiger partial charge in [0.1, 0.15) is 0 Å². The van der Waals surface area contributed by atoms with Gasteiger partial charge in [0.15, 0.2) is 0 Å². The van der Waals surface area contributed by atoms with Crippen LogP contribution in [0.3, 0.4) is 0 Å². The second-order valence-corrected chi connectivity index (χ2v) is 7.66. The van der Waals surface area contributed by atoms with Gasteiger partial charge in [0.25, 0.3) is 0 Å². The van der Waals surface area contributed by atoms with E-state index >= 15 is 0 Å². The zero-order valence-electron chi connectivity index (χ0n) is 15.3. The number of morpholine rings is 1. The Morgan fingerprint density at radius 1 is 1.29 bits per heavy atom. The van der Waals surface area contributed by atoms with Crippen LogP contribution in [0.4, 0.5) is 0 Å². The van der Waals surface area contributed by atoms with Crippen molar-refractivity contribution in [3.63, 3.8) is 0 Å². The van der Waals surface area contributed by atoms with Crippen LogP contribution in [0, 0.1) is 6.92 Å². The largest absolute Gasteiger partial charge is 0.390 e. The molecule has 1 N–H and O–H groups in total. The van der Waals surface area contributed by atoms with Gasteiger partial charge in [-0.25, -0.2) is 0 Å². The Morgan fingerprint density at radius 3 is 2.71 bits per heavy atom. The molecule has 0 spiro atoms. The lowest BCUT2D eigenvalue weighted by atomic mass is 10.2. The SMILES string of the molecule is Cc1cnn(C[C@@H]2CCCN2C[C@@H](O)CN2C[C@@H](C)O[C@@H](C)C2)c1. The standard InChI is InChI=1S/C18H32N4O2/c1-14-7-19-22(8-14)11-17-5-4-6-21(17)13-18(23)12-20-9-15(2)24-16(3)10-20/h7-8,15-18,23H,4-6,9-13H2,1-3H3/t15-,16+,17-,18-/m0/s1. The van der Waals surface area contributed by atoms with Crippen molar-refractivity contribution in [2.24, 2.45) is 0 Å². The normalized spacial score (nSPS) is 30.8. The van der Waals surface area contributed by atoms with E-state index in [4.69, 9.17) is 4.74 Å². The van der Waals surface area contributed by atoms with Crippen LogP contribution in [-0.4, -0.2) is 81.8 Å². The third kappa shape index (κ3) is 4.79. The van der Waals surface area contributed by atoms with Crippen molar-refractivity contribution in [2.45, 2.75) is 64.5 Å². The van der Waals surface area contributed by atoms with Gasteiger partial charge in [-0.3, -0.25) is 14.5 Å². The van der Waals surface area contributed by atoms with Crippen LogP contribution in [-0.2, 0) is 11.3 Å². The van der Waals surface area contributed by atoms with E-state index in [-0.39, 0.29) is 18.3 Å². The Labute approximate surface area is 145 Å². The zero-order valence-corrected chi connectivity index (χ0v) is 15.3. The van der Waals surface area contributed by atoms with E-state index in [2.05, 4.69) is 41.9 Å². The van der Waals surface area contributed by atoms with E-state index in [1.807, 2.05) is 10.9 Å². The number of hydrogen-bond acceptors (Lipinski definition) is 5. The first-order valence-electron chi connectivity index (χ1n) is 9.28. The number of aryl methyl sites for hydroxylation is 1. The van der Waals surface area contributed by atoms with Crippen LogP contribution in [0.2, 0.25) is 0 Å². The van der Waals surface area contributed by atoms with Crippen LogP contribution >= 0.6 is 0 Å². The predicted molar refractivity (Wildman–Crippen MR) is 94.0 cm³/mol. The smallest absolute Gasteiger partial charge is 0.0793 e. The molecule has 3 rings (SSSR count). The number of likely N-dealkylation sites (tertiary alicyclic amines) is 1. The molecule has 2 aliphatic heterocycles. The lowest BCUT2D eigenvalue weighted by Gasteiger charge is -2.37. The molecule has 2 fully saturated rings. The average molecular weight is 336 g/mol. The number of hydrogen-bond donors (Lipinski definition) is 1. The minimum Gasteiger partial charge on any atom is -0.390 e. The average Bonchev–Trinajstić information content (AvgIpc) is 3.08. The molecule has 1 aromatic rings. The number of aliphatic hydroxyl groups excluding tert-OH is 1. The van der Waals surface area contributed by atoms with Gasteiger partial charge < -0.3 is 9.84 Å². The lowest BCUT2D eigenvalue weighted by Crippen LogP contribution is -2.50. The second kappa shape index (κ2) is 7.95. The van der Waals surface area contributed by atoms with E-state index in [9.17, 15) is 5.11 Å². The minimum absolute atomic E-state index is 0.253. The lowest BCUT2D eigenvalue weighted by molar-refractivity contribution is -0.0782. The topological polar surface area (TPSA) is 53.8 Å². The van der Waals surface area contributed by atoms with E-state index in [0.717, 1.165) is 39.3 Å². The molecule has 6 nitrogen and oxygen atoms in total. The van der Waals surface area contributed by atoms with Gasteiger partial charge in [0.2, 0.25) is 0 Å². The summed E-state index contributed by atoms with van der Waals surface area (Å²) in [6.07, 6.45) is 6.62. The van der Waals surface area contributed by atoms with Gasteiger partial charge in [0.05, 0.1) is 31.1 Å². The summed E-state index contributed by atoms with van der Waals surface area (Å²) in [5, 5.41) is 15.0. The molecule has 0 radical (unpaired) electrons. The van der Waals surface area contributed by atoms with Gasteiger partial charge >= 0.3 is 0 Å². The van der Waals surface area contributed by atoms with Crippen LogP contribution < -0.4 is 0 Å². The molecule has 0 aliphatic carbocycles. The van der Waals surface area contributed by atoms with Crippen molar-refractivity contribution < 1.29 is 9.84 Å². The molecular weight excluding hydrogens is 304 g/mol. The minimum atomic E-state index is -0.303. The van der Waals surface area contributed by atoms with Gasteiger partial charge in [-0.1, -0.05) is 0 Å². The molecule has 0 aromatic carbocycles. The summed E-state index contributed by atoms with van der Waals surface area (Å²) in [5.74, 6) is 0. The van der Waals surface area contributed by atoms with Gasteiger partial charge in [-0.15, -0.1) is 0 Å². The third-order valence-corrected chi connectivity index (χ3v) is 5.07. The number of aliphatic hydroxyl groups is 1. The maximum Gasteiger partial charge on any atom is 0.0793 e. The number of β-amino-alcohol motifs (C(OH)–C–C–N with tert-alkyl or cyclic N) is 1. The van der Waals surface area contributed by atoms with Crippen molar-refractivity contribution in [3.8, 4) is 0 Å². The molecule has 0 saturated carbocycles. The van der Waals surface area contributed by atoms with Crippen LogP contribution in [0.1, 0.15) is 32.3 Å². The monoisotopic (exact) mass is 336 g/mol. The van der Waals surface area contributed by atoms with Crippen molar-refractivity contribution in [1.82, 2.24) is 19.6 Å². The zero-order chi connectivity index (χ0) is 17.1. The summed E-state index contributed by atoms with van der Waals surface area (Å²) < 4.78 is 7.81. The van der Waals surface area contributed by atoms with Crippen LogP contribution in [0.5, 0.6) is 0 Å². The molecule has 24 heavy (non-hydrogen) atoms. The first-order chi connectivity index (χ1) is 11.5. The number of nitrogens with zero attached hydrogens (tertiary/aromatic N) is 4. The molecule has 136 valence electrons. The van der Waals surface area contributed by atoms with Crippen molar-refractivity contribution >= 4 is 0 Å². The van der Waals surface area contributed by atoms with E-state index in [0.29, 0.717) is 6.04 Å². The fraction of sp³-hybridized carbons (Fsp3) is 0.833. The molecular formula is C18H32N4O2. The fourth-order valence-electron chi connectivity index (χ4n) is 4.18. The summed E-state index contributed by atoms with van der Waals surface area (Å²) in [7, 11) is 0. The molecule has 6 heteroatoms. The molecule has 3 heterocycles. The maximum atomic E-state index is 10.6. The van der Waals surface area contributed by atoms with E-state index in [1.165, 1.54) is 18.4 Å². The number of rotatable bonds is 6. The molecule has 4 atom stereocenters. The maximum absolute atomic E-state index is 10.6. The Morgan fingerprint density at radius 2 is 2.04 bits per heavy atom. The Kier molecular flexibility index (Phi) is 5.92. The second-order valence-electron chi connectivity index (χ2n) is 7.66. The van der Waals surface area contributed by atoms with Crippen molar-refractivity contribution in [1.29, 1.82) is 0 Å². The Balaban J connectivity index is 1.48. The summed E-state index contributed by atoms with van der Waals surface area (Å²) >= 11 is 0. The highest BCUT2D eigenvalue weighted by molar-refractivity contribution is 5.00. The van der Waals surface area contributed by atoms with Gasteiger partial charge in [0, 0.05) is 38.4 Å². The Bertz CT molecular complexity index is 511. The van der Waals surface area contributed by atoms with Crippen LogP contribution in [0.15, 0.2) is 12.4 Å². The first-order valence-corrected chi connectivity index (χ1v) is 9.28. The molecule has 2 saturated heterocycles. The molecule has 1 aromatic heterocycles. The Hall–Kier alpha value is -0.950. The van der Waals surface area contributed by atoms with Gasteiger partial charge in [-0.2, -0.15) is 5.10 Å².